The lowest BCUT2D eigenvalue weighted by molar-refractivity contribution is -0.142. The Morgan fingerprint density at radius 1 is 1.09 bits per heavy atom. The van der Waals surface area contributed by atoms with Crippen LogP contribution in [0.4, 0.5) is 5.69 Å². The average molecular weight is 781 g/mol. The Kier molecular flexibility index (Phi) is 11.5. The van der Waals surface area contributed by atoms with Crippen molar-refractivity contribution in [1.29, 1.82) is 0 Å². The minimum atomic E-state index is -2.98. The number of allylic oxidation sites excluding steroid dienone is 1. The summed E-state index contributed by atoms with van der Waals surface area (Å²) in [5, 5.41) is 0.386. The standard InChI is InChI=1S/C42H57ClN4O6S/c1-29-8-6-17-42(52-4,27-46-20-18-45(19-21-46)25-39(48)51-3)36-13-10-33(36)24-47-26-41(16-7-9-31-22-34(43)12-14-35(31)41)28-53-38-15-11-32(23-37(38)47)40(49)44-54(5,50)30(29)2/h6,11-12,14-15,17,22-23,29-30,33,36H,5,7-10,13,16,18-21,24-28H2,1-4H3,(H,44,49,50)/b17-6+/t29-,30+,33-,36+,41-,42+,54?/m0/s1. The molecule has 1 unspecified atom stereocenters. The average Bonchev–Trinajstić information content (AvgIpc) is 3.29. The first-order valence-corrected chi connectivity index (χ1v) is 21.8. The number of nitrogens with zero attached hydrogens (tertiary/aromatic N) is 3. The van der Waals surface area contributed by atoms with Crippen LogP contribution in [0, 0.1) is 17.8 Å². The summed E-state index contributed by atoms with van der Waals surface area (Å²) in [5.41, 5.74) is 3.10. The van der Waals surface area contributed by atoms with E-state index in [1.54, 1.807) is 6.07 Å². The summed E-state index contributed by atoms with van der Waals surface area (Å²) in [4.78, 5) is 32.9. The zero-order valence-corrected chi connectivity index (χ0v) is 33.9. The van der Waals surface area contributed by atoms with E-state index in [1.165, 1.54) is 18.2 Å². The molecular formula is C42H57ClN4O6S. The first-order chi connectivity index (χ1) is 25.8. The second kappa shape index (κ2) is 15.8. The Morgan fingerprint density at radius 3 is 2.59 bits per heavy atom. The Hall–Kier alpha value is -3.09. The molecule has 1 N–H and O–H groups in total. The molecule has 2 aliphatic carbocycles. The van der Waals surface area contributed by atoms with E-state index in [1.807, 2.05) is 32.2 Å². The van der Waals surface area contributed by atoms with E-state index in [9.17, 15) is 13.8 Å². The van der Waals surface area contributed by atoms with Gasteiger partial charge in [0.15, 0.2) is 0 Å². The third kappa shape index (κ3) is 7.81. The number of ether oxygens (including phenoxy) is 3. The van der Waals surface area contributed by atoms with Crippen molar-refractivity contribution < 1.29 is 28.0 Å². The molecule has 2 aromatic carbocycles. The van der Waals surface area contributed by atoms with E-state index >= 15 is 0 Å². The normalized spacial score (nSPS) is 34.0. The molecule has 1 amide bonds. The van der Waals surface area contributed by atoms with Crippen LogP contribution >= 0.6 is 11.6 Å². The maximum absolute atomic E-state index is 14.0. The van der Waals surface area contributed by atoms with Crippen LogP contribution in [0.2, 0.25) is 5.02 Å². The van der Waals surface area contributed by atoms with Gasteiger partial charge < -0.3 is 19.1 Å². The van der Waals surface area contributed by atoms with Gasteiger partial charge in [-0.1, -0.05) is 36.7 Å². The van der Waals surface area contributed by atoms with Crippen molar-refractivity contribution in [3.63, 3.8) is 0 Å². The molecule has 12 heteroatoms. The molecular weight excluding hydrogens is 724 g/mol. The van der Waals surface area contributed by atoms with Crippen molar-refractivity contribution in [2.45, 2.75) is 68.6 Å². The Labute approximate surface area is 326 Å². The molecule has 7 rings (SSSR count). The van der Waals surface area contributed by atoms with Gasteiger partial charge in [0.25, 0.3) is 5.91 Å². The van der Waals surface area contributed by atoms with Gasteiger partial charge >= 0.3 is 5.97 Å². The van der Waals surface area contributed by atoms with E-state index in [4.69, 9.17) is 25.8 Å². The highest BCUT2D eigenvalue weighted by Gasteiger charge is 2.50. The summed E-state index contributed by atoms with van der Waals surface area (Å²) in [5.74, 6) is 4.78. The van der Waals surface area contributed by atoms with Gasteiger partial charge in [-0.2, -0.15) is 0 Å². The molecule has 1 spiro atoms. The van der Waals surface area contributed by atoms with Crippen LogP contribution in [0.1, 0.15) is 67.4 Å². The highest BCUT2D eigenvalue weighted by Crippen LogP contribution is 2.49. The number of anilines is 1. The summed E-state index contributed by atoms with van der Waals surface area (Å²) in [7, 11) is 0.296. The van der Waals surface area contributed by atoms with Crippen molar-refractivity contribution in [2.24, 2.45) is 17.8 Å². The second-order valence-corrected chi connectivity index (χ2v) is 19.3. The first-order valence-electron chi connectivity index (χ1n) is 19.6. The Balaban J connectivity index is 1.26. The number of fused-ring (bicyclic) bond motifs is 4. The molecule has 2 fully saturated rings. The molecule has 294 valence electrons. The zero-order valence-electron chi connectivity index (χ0n) is 32.3. The third-order valence-electron chi connectivity index (χ3n) is 13.3. The number of benzene rings is 2. The van der Waals surface area contributed by atoms with Crippen molar-refractivity contribution in [3.8, 4) is 5.75 Å². The van der Waals surface area contributed by atoms with Crippen molar-refractivity contribution in [3.05, 3.63) is 70.3 Å². The van der Waals surface area contributed by atoms with Gasteiger partial charge in [0.2, 0.25) is 0 Å². The number of piperazine rings is 1. The summed E-state index contributed by atoms with van der Waals surface area (Å²) < 4.78 is 35.2. The van der Waals surface area contributed by atoms with Gasteiger partial charge in [0.1, 0.15) is 11.4 Å². The number of amides is 1. The number of aryl methyl sites for hydroxylation is 1. The van der Waals surface area contributed by atoms with Crippen LogP contribution < -0.4 is 14.4 Å². The number of halogens is 1. The molecule has 2 bridgehead atoms. The van der Waals surface area contributed by atoms with Crippen molar-refractivity contribution in [2.75, 3.05) is 78.1 Å². The fourth-order valence-electron chi connectivity index (χ4n) is 9.61. The molecule has 3 heterocycles. The first kappa shape index (κ1) is 39.2. The number of hydrogen-bond donors (Lipinski definition) is 1. The second-order valence-electron chi connectivity index (χ2n) is 16.5. The molecule has 7 atom stereocenters. The van der Waals surface area contributed by atoms with E-state index in [0.29, 0.717) is 31.1 Å². The molecule has 0 aromatic heterocycles. The fraction of sp³-hybridized carbons (Fsp3) is 0.595. The largest absolute Gasteiger partial charge is 0.490 e. The van der Waals surface area contributed by atoms with Crippen LogP contribution in [0.15, 0.2) is 48.6 Å². The topological polar surface area (TPSA) is 101 Å². The van der Waals surface area contributed by atoms with Gasteiger partial charge in [-0.15, -0.1) is 0 Å². The van der Waals surface area contributed by atoms with Gasteiger partial charge in [-0.3, -0.25) is 24.1 Å². The number of esters is 1. The van der Waals surface area contributed by atoms with Crippen LogP contribution in [0.25, 0.3) is 0 Å². The Morgan fingerprint density at radius 2 is 1.87 bits per heavy atom. The molecule has 54 heavy (non-hydrogen) atoms. The molecule has 0 radical (unpaired) electrons. The van der Waals surface area contributed by atoms with Gasteiger partial charge in [-0.25, -0.2) is 4.21 Å². The number of carbonyl (C=O) groups is 2. The number of carbonyl (C=O) groups excluding carboxylic acids is 2. The number of methoxy groups -OCH3 is 2. The van der Waals surface area contributed by atoms with Gasteiger partial charge in [-0.05, 0) is 111 Å². The number of hydrogen-bond acceptors (Lipinski definition) is 9. The van der Waals surface area contributed by atoms with Crippen molar-refractivity contribution >= 4 is 44.7 Å². The zero-order chi connectivity index (χ0) is 38.3. The smallest absolute Gasteiger partial charge is 0.319 e. The maximum atomic E-state index is 14.0. The molecule has 1 saturated heterocycles. The third-order valence-corrected chi connectivity index (χ3v) is 15.7. The summed E-state index contributed by atoms with van der Waals surface area (Å²) in [6.07, 6.45) is 10.3. The number of nitrogens with one attached hydrogen (secondary N) is 1. The van der Waals surface area contributed by atoms with E-state index < -0.39 is 15.3 Å². The van der Waals surface area contributed by atoms with E-state index in [0.717, 1.165) is 94.4 Å². The Bertz CT molecular complexity index is 1860. The SMILES string of the molecule is C=S1(=O)NC(=O)c2ccc3c(c2)N(C[C@@H]2CC[C@H]2[C@@](CN2CCN(CC(=O)OC)CC2)(OC)/C=C/C[C@H](C)[C@H]1C)C[C@@]1(CCCc2cc(Cl)ccc21)CO3. The lowest BCUT2D eigenvalue weighted by Crippen LogP contribution is -2.59. The predicted octanol–water partition coefficient (Wildman–Crippen LogP) is 5.36. The molecule has 3 aliphatic heterocycles. The van der Waals surface area contributed by atoms with Gasteiger partial charge in [0, 0.05) is 74.2 Å². The van der Waals surface area contributed by atoms with Crippen LogP contribution in [0.5, 0.6) is 5.75 Å². The summed E-state index contributed by atoms with van der Waals surface area (Å²) in [6, 6.07) is 11.9. The van der Waals surface area contributed by atoms with Crippen LogP contribution in [-0.2, 0) is 35.8 Å². The van der Waals surface area contributed by atoms with Crippen LogP contribution in [-0.4, -0.2) is 116 Å². The molecule has 1 saturated carbocycles. The van der Waals surface area contributed by atoms with Crippen LogP contribution in [0.3, 0.4) is 0 Å². The van der Waals surface area contributed by atoms with E-state index in [2.05, 4.69) is 56.5 Å². The molecule has 2 aromatic rings. The van der Waals surface area contributed by atoms with E-state index in [-0.39, 0.29) is 34.4 Å². The van der Waals surface area contributed by atoms with Gasteiger partial charge in [0.05, 0.1) is 35.7 Å². The monoisotopic (exact) mass is 780 g/mol. The lowest BCUT2D eigenvalue weighted by atomic mass is 9.63. The highest BCUT2D eigenvalue weighted by molar-refractivity contribution is 7.99. The highest BCUT2D eigenvalue weighted by atomic mass is 35.5. The summed E-state index contributed by atoms with van der Waals surface area (Å²) >= 11 is 6.51. The fourth-order valence-corrected chi connectivity index (χ4v) is 11.3. The quantitative estimate of drug-likeness (QED) is 0.244. The molecule has 5 aliphatic rings. The van der Waals surface area contributed by atoms with Crippen molar-refractivity contribution in [1.82, 2.24) is 14.5 Å². The lowest BCUT2D eigenvalue weighted by Gasteiger charge is -2.52. The summed E-state index contributed by atoms with van der Waals surface area (Å²) in [6.45, 7) is 10.3. The number of rotatable bonds is 5. The molecule has 10 nitrogen and oxygen atoms in total. The minimum Gasteiger partial charge on any atom is -0.490 e. The maximum Gasteiger partial charge on any atom is 0.319 e. The minimum absolute atomic E-state index is 0.00607. The predicted molar refractivity (Wildman–Crippen MR) is 216 cm³/mol.